The van der Waals surface area contributed by atoms with Gasteiger partial charge in [-0.2, -0.15) is 0 Å². The molecule has 0 fully saturated rings. The molecule has 6 heteroatoms. The first-order valence-corrected chi connectivity index (χ1v) is 7.82. The number of ether oxygens (including phenoxy) is 1. The van der Waals surface area contributed by atoms with E-state index in [-0.39, 0.29) is 11.8 Å². The van der Waals surface area contributed by atoms with Gasteiger partial charge in [-0.3, -0.25) is 4.79 Å². The van der Waals surface area contributed by atoms with Crippen LogP contribution in [0.3, 0.4) is 0 Å². The number of halogens is 2. The maximum absolute atomic E-state index is 12.2. The zero-order valence-electron chi connectivity index (χ0n) is 11.6. The van der Waals surface area contributed by atoms with Crippen LogP contribution in [0.1, 0.15) is 30.6 Å². The van der Waals surface area contributed by atoms with E-state index < -0.39 is 12.0 Å². The Hall–Kier alpha value is -0.880. The Kier molecular flexibility index (Phi) is 6.68. The van der Waals surface area contributed by atoms with Crippen LogP contribution < -0.4 is 5.32 Å². The lowest BCUT2D eigenvalue weighted by Crippen LogP contribution is -2.45. The van der Waals surface area contributed by atoms with Crippen LogP contribution >= 0.6 is 31.9 Å². The summed E-state index contributed by atoms with van der Waals surface area (Å²) < 4.78 is 6.32. The summed E-state index contributed by atoms with van der Waals surface area (Å²) in [4.78, 5) is 24.0. The standard InChI is InChI=1S/C14H17Br2NO3/c1-4-8(2)12(14(19)20-3)17-13(18)9-5-10(15)7-11(16)6-9/h5-8,12H,4H2,1-3H3,(H,17,18). The molecule has 20 heavy (non-hydrogen) atoms. The van der Waals surface area contributed by atoms with Gasteiger partial charge in [0.15, 0.2) is 0 Å². The van der Waals surface area contributed by atoms with Crippen molar-refractivity contribution >= 4 is 43.7 Å². The van der Waals surface area contributed by atoms with Gasteiger partial charge in [0.1, 0.15) is 6.04 Å². The van der Waals surface area contributed by atoms with E-state index in [1.165, 1.54) is 7.11 Å². The van der Waals surface area contributed by atoms with Crippen LogP contribution in [0.5, 0.6) is 0 Å². The molecule has 0 spiro atoms. The fourth-order valence-corrected chi connectivity index (χ4v) is 3.00. The van der Waals surface area contributed by atoms with Gasteiger partial charge >= 0.3 is 5.97 Å². The van der Waals surface area contributed by atoms with Crippen molar-refractivity contribution in [2.75, 3.05) is 7.11 Å². The first-order valence-electron chi connectivity index (χ1n) is 6.23. The van der Waals surface area contributed by atoms with Crippen LogP contribution in [-0.2, 0) is 9.53 Å². The fraction of sp³-hybridized carbons (Fsp3) is 0.429. The molecule has 0 aliphatic heterocycles. The quantitative estimate of drug-likeness (QED) is 0.761. The van der Waals surface area contributed by atoms with Gasteiger partial charge in [0.25, 0.3) is 5.91 Å². The predicted octanol–water partition coefficient (Wildman–Crippen LogP) is 3.53. The molecule has 0 heterocycles. The molecule has 1 N–H and O–H groups in total. The Morgan fingerprint density at radius 3 is 2.25 bits per heavy atom. The number of nitrogens with one attached hydrogen (secondary N) is 1. The number of hydrogen-bond acceptors (Lipinski definition) is 3. The van der Waals surface area contributed by atoms with Gasteiger partial charge in [-0.05, 0) is 24.1 Å². The second kappa shape index (κ2) is 7.78. The van der Waals surface area contributed by atoms with Gasteiger partial charge < -0.3 is 10.1 Å². The zero-order chi connectivity index (χ0) is 15.3. The molecule has 0 aromatic heterocycles. The van der Waals surface area contributed by atoms with Crippen molar-refractivity contribution in [3.63, 3.8) is 0 Å². The molecule has 1 aromatic rings. The largest absolute Gasteiger partial charge is 0.467 e. The summed E-state index contributed by atoms with van der Waals surface area (Å²) in [6.45, 7) is 3.86. The van der Waals surface area contributed by atoms with Gasteiger partial charge in [-0.15, -0.1) is 0 Å². The van der Waals surface area contributed by atoms with Crippen molar-refractivity contribution in [3.8, 4) is 0 Å². The van der Waals surface area contributed by atoms with E-state index in [0.29, 0.717) is 5.56 Å². The number of rotatable bonds is 5. The van der Waals surface area contributed by atoms with E-state index in [1.54, 1.807) is 12.1 Å². The second-order valence-corrected chi connectivity index (χ2v) is 6.35. The van der Waals surface area contributed by atoms with E-state index in [9.17, 15) is 9.59 Å². The summed E-state index contributed by atoms with van der Waals surface area (Å²) in [5, 5.41) is 2.73. The van der Waals surface area contributed by atoms with Crippen molar-refractivity contribution in [2.45, 2.75) is 26.3 Å². The van der Waals surface area contributed by atoms with Gasteiger partial charge in [0.05, 0.1) is 7.11 Å². The molecular formula is C14H17Br2NO3. The predicted molar refractivity (Wildman–Crippen MR) is 84.6 cm³/mol. The Balaban J connectivity index is 2.93. The van der Waals surface area contributed by atoms with Gasteiger partial charge in [-0.25, -0.2) is 4.79 Å². The third-order valence-electron chi connectivity index (χ3n) is 3.08. The van der Waals surface area contributed by atoms with E-state index in [4.69, 9.17) is 4.74 Å². The summed E-state index contributed by atoms with van der Waals surface area (Å²) in [6, 6.07) is 4.59. The second-order valence-electron chi connectivity index (χ2n) is 4.52. The van der Waals surface area contributed by atoms with Gasteiger partial charge in [0, 0.05) is 14.5 Å². The molecule has 2 unspecified atom stereocenters. The average Bonchev–Trinajstić information content (AvgIpc) is 2.41. The van der Waals surface area contributed by atoms with Crippen molar-refractivity contribution in [1.29, 1.82) is 0 Å². The Labute approximate surface area is 135 Å². The summed E-state index contributed by atoms with van der Waals surface area (Å²) in [6.07, 6.45) is 0.766. The lowest BCUT2D eigenvalue weighted by Gasteiger charge is -2.21. The highest BCUT2D eigenvalue weighted by atomic mass is 79.9. The molecule has 110 valence electrons. The molecule has 1 rings (SSSR count). The minimum atomic E-state index is -0.643. The van der Waals surface area contributed by atoms with Gasteiger partial charge in [-0.1, -0.05) is 52.1 Å². The van der Waals surface area contributed by atoms with E-state index in [0.717, 1.165) is 15.4 Å². The highest BCUT2D eigenvalue weighted by Gasteiger charge is 2.27. The highest BCUT2D eigenvalue weighted by Crippen LogP contribution is 2.20. The molecule has 0 saturated carbocycles. The minimum Gasteiger partial charge on any atom is -0.467 e. The summed E-state index contributed by atoms with van der Waals surface area (Å²) in [5.41, 5.74) is 0.475. The first-order chi connectivity index (χ1) is 9.38. The first kappa shape index (κ1) is 17.2. The van der Waals surface area contributed by atoms with Crippen molar-refractivity contribution in [2.24, 2.45) is 5.92 Å². The van der Waals surface area contributed by atoms with Crippen LogP contribution in [-0.4, -0.2) is 25.0 Å². The number of carbonyl (C=O) groups excluding carboxylic acids is 2. The highest BCUT2D eigenvalue weighted by molar-refractivity contribution is 9.11. The molecule has 2 atom stereocenters. The lowest BCUT2D eigenvalue weighted by atomic mass is 9.99. The topological polar surface area (TPSA) is 55.4 Å². The summed E-state index contributed by atoms with van der Waals surface area (Å²) in [5.74, 6) is -0.730. The molecule has 0 saturated heterocycles. The molecule has 0 aliphatic rings. The molecule has 0 aliphatic carbocycles. The van der Waals surface area contributed by atoms with Crippen molar-refractivity contribution in [1.82, 2.24) is 5.32 Å². The van der Waals surface area contributed by atoms with E-state index >= 15 is 0 Å². The maximum Gasteiger partial charge on any atom is 0.328 e. The third-order valence-corrected chi connectivity index (χ3v) is 4.00. The molecular weight excluding hydrogens is 390 g/mol. The minimum absolute atomic E-state index is 0.00185. The lowest BCUT2D eigenvalue weighted by molar-refractivity contribution is -0.144. The van der Waals surface area contributed by atoms with Crippen LogP contribution in [0.25, 0.3) is 0 Å². The smallest absolute Gasteiger partial charge is 0.328 e. The Morgan fingerprint density at radius 1 is 1.25 bits per heavy atom. The maximum atomic E-state index is 12.2. The Bertz CT molecular complexity index is 485. The monoisotopic (exact) mass is 405 g/mol. The van der Waals surface area contributed by atoms with Gasteiger partial charge in [0.2, 0.25) is 0 Å². The van der Waals surface area contributed by atoms with Crippen molar-refractivity contribution in [3.05, 3.63) is 32.7 Å². The molecule has 0 radical (unpaired) electrons. The normalized spacial score (nSPS) is 13.4. The number of hydrogen-bond donors (Lipinski definition) is 1. The van der Waals surface area contributed by atoms with Crippen LogP contribution in [0.4, 0.5) is 0 Å². The van der Waals surface area contributed by atoms with Crippen LogP contribution in [0, 0.1) is 5.92 Å². The number of benzene rings is 1. The van der Waals surface area contributed by atoms with Crippen LogP contribution in [0.2, 0.25) is 0 Å². The number of esters is 1. The number of amides is 1. The van der Waals surface area contributed by atoms with Crippen LogP contribution in [0.15, 0.2) is 27.1 Å². The molecule has 0 bridgehead atoms. The molecule has 1 aromatic carbocycles. The Morgan fingerprint density at radius 2 is 1.80 bits per heavy atom. The van der Waals surface area contributed by atoms with E-state index in [1.807, 2.05) is 19.9 Å². The van der Waals surface area contributed by atoms with E-state index in [2.05, 4.69) is 37.2 Å². The summed E-state index contributed by atoms with van der Waals surface area (Å²) >= 11 is 6.66. The third kappa shape index (κ3) is 4.59. The average molecular weight is 407 g/mol. The molecule has 1 amide bonds. The summed E-state index contributed by atoms with van der Waals surface area (Å²) in [7, 11) is 1.32. The SMILES string of the molecule is CCC(C)C(NC(=O)c1cc(Br)cc(Br)c1)C(=O)OC. The fourth-order valence-electron chi connectivity index (χ4n) is 1.71. The molecule has 4 nitrogen and oxygen atoms in total. The number of methoxy groups -OCH3 is 1. The number of carbonyl (C=O) groups is 2. The zero-order valence-corrected chi connectivity index (χ0v) is 14.7. The van der Waals surface area contributed by atoms with Crippen molar-refractivity contribution < 1.29 is 14.3 Å².